The number of imidazole rings is 1. The predicted molar refractivity (Wildman–Crippen MR) is 74.9 cm³/mol. The van der Waals surface area contributed by atoms with Gasteiger partial charge in [-0.2, -0.15) is 4.98 Å². The second kappa shape index (κ2) is 7.53. The summed E-state index contributed by atoms with van der Waals surface area (Å²) in [5.74, 6) is 0.00316. The van der Waals surface area contributed by atoms with E-state index < -0.39 is 5.91 Å². The molecule has 1 amide bonds. The first kappa shape index (κ1) is 15.2. The molecule has 21 heavy (non-hydrogen) atoms. The van der Waals surface area contributed by atoms with Crippen molar-refractivity contribution in [2.24, 2.45) is 0 Å². The Labute approximate surface area is 122 Å². The monoisotopic (exact) mass is 293 g/mol. The first-order valence-electron chi connectivity index (χ1n) is 6.97. The number of aryl methyl sites for hydroxylation is 1. The molecule has 0 saturated carbocycles. The SMILES string of the molecule is CCCCCOc1ncnc2c1ncn2CCC(=O)NO. The molecule has 0 unspecified atom stereocenters. The zero-order chi connectivity index (χ0) is 15.1. The van der Waals surface area contributed by atoms with Crippen molar-refractivity contribution in [3.8, 4) is 5.88 Å². The van der Waals surface area contributed by atoms with Gasteiger partial charge in [-0.25, -0.2) is 15.4 Å². The van der Waals surface area contributed by atoms with Crippen LogP contribution in [0, 0.1) is 0 Å². The number of aromatic nitrogens is 4. The van der Waals surface area contributed by atoms with Gasteiger partial charge in [0.05, 0.1) is 12.9 Å². The number of unbranched alkanes of at least 4 members (excludes halogenated alkanes) is 2. The van der Waals surface area contributed by atoms with Crippen LogP contribution in [-0.2, 0) is 11.3 Å². The fourth-order valence-corrected chi connectivity index (χ4v) is 1.93. The average molecular weight is 293 g/mol. The molecule has 0 fully saturated rings. The minimum Gasteiger partial charge on any atom is -0.476 e. The zero-order valence-electron chi connectivity index (χ0n) is 11.9. The van der Waals surface area contributed by atoms with Crippen molar-refractivity contribution in [2.45, 2.75) is 39.2 Å². The van der Waals surface area contributed by atoms with Gasteiger partial charge in [-0.15, -0.1) is 0 Å². The van der Waals surface area contributed by atoms with Crippen LogP contribution < -0.4 is 10.2 Å². The summed E-state index contributed by atoms with van der Waals surface area (Å²) in [6, 6.07) is 0. The lowest BCUT2D eigenvalue weighted by atomic mass is 10.3. The number of fused-ring (bicyclic) bond motifs is 1. The number of carbonyl (C=O) groups excluding carboxylic acids is 1. The highest BCUT2D eigenvalue weighted by Crippen LogP contribution is 2.19. The van der Waals surface area contributed by atoms with Gasteiger partial charge in [0.25, 0.3) is 0 Å². The number of amides is 1. The van der Waals surface area contributed by atoms with Crippen LogP contribution in [-0.4, -0.2) is 37.2 Å². The lowest BCUT2D eigenvalue weighted by Crippen LogP contribution is -2.20. The molecule has 2 aromatic rings. The summed E-state index contributed by atoms with van der Waals surface area (Å²) in [6.45, 7) is 3.10. The van der Waals surface area contributed by atoms with Crippen molar-refractivity contribution in [1.29, 1.82) is 0 Å². The molecule has 8 heteroatoms. The van der Waals surface area contributed by atoms with E-state index >= 15 is 0 Å². The summed E-state index contributed by atoms with van der Waals surface area (Å²) in [5, 5.41) is 8.49. The van der Waals surface area contributed by atoms with Crippen molar-refractivity contribution >= 4 is 17.1 Å². The third-order valence-electron chi connectivity index (χ3n) is 3.06. The topological polar surface area (TPSA) is 102 Å². The standard InChI is InChI=1S/C13H19N5O3/c1-2-3-4-7-21-13-11-12(14-8-15-13)18(9-16-11)6-5-10(19)17-20/h8-9,20H,2-7H2,1H3,(H,17,19). The second-order valence-corrected chi connectivity index (χ2v) is 4.63. The molecule has 2 rings (SSSR count). The number of hydrogen-bond acceptors (Lipinski definition) is 6. The van der Waals surface area contributed by atoms with Crippen molar-refractivity contribution in [3.05, 3.63) is 12.7 Å². The lowest BCUT2D eigenvalue weighted by molar-refractivity contribution is -0.129. The summed E-state index contributed by atoms with van der Waals surface area (Å²) in [4.78, 5) is 23.6. The Balaban J connectivity index is 2.07. The van der Waals surface area contributed by atoms with E-state index in [4.69, 9.17) is 9.94 Å². The molecular formula is C13H19N5O3. The van der Waals surface area contributed by atoms with Crippen molar-refractivity contribution in [1.82, 2.24) is 25.0 Å². The molecule has 0 atom stereocenters. The molecule has 0 saturated heterocycles. The Morgan fingerprint density at radius 2 is 2.24 bits per heavy atom. The number of nitrogens with zero attached hydrogens (tertiary/aromatic N) is 4. The maximum absolute atomic E-state index is 11.1. The van der Waals surface area contributed by atoms with E-state index in [-0.39, 0.29) is 6.42 Å². The molecule has 8 nitrogen and oxygen atoms in total. The van der Waals surface area contributed by atoms with Crippen LogP contribution in [0.2, 0.25) is 0 Å². The molecule has 0 aliphatic carbocycles. The van der Waals surface area contributed by atoms with Gasteiger partial charge in [-0.3, -0.25) is 10.0 Å². The number of carbonyl (C=O) groups is 1. The normalized spacial score (nSPS) is 10.8. The van der Waals surface area contributed by atoms with E-state index in [1.807, 2.05) is 0 Å². The molecule has 0 aliphatic heterocycles. The quantitative estimate of drug-likeness (QED) is 0.432. The van der Waals surface area contributed by atoms with Gasteiger partial charge in [-0.05, 0) is 6.42 Å². The summed E-state index contributed by atoms with van der Waals surface area (Å²) >= 11 is 0. The smallest absolute Gasteiger partial charge is 0.245 e. The summed E-state index contributed by atoms with van der Waals surface area (Å²) in [6.07, 6.45) is 6.35. The van der Waals surface area contributed by atoms with E-state index in [1.165, 1.54) is 6.33 Å². The van der Waals surface area contributed by atoms with Crippen molar-refractivity contribution in [2.75, 3.05) is 6.61 Å². The van der Waals surface area contributed by atoms with E-state index in [0.29, 0.717) is 30.2 Å². The average Bonchev–Trinajstić information content (AvgIpc) is 2.93. The predicted octanol–water partition coefficient (Wildman–Crippen LogP) is 1.29. The molecule has 2 aromatic heterocycles. The van der Waals surface area contributed by atoms with Gasteiger partial charge < -0.3 is 9.30 Å². The van der Waals surface area contributed by atoms with Gasteiger partial charge >= 0.3 is 0 Å². The second-order valence-electron chi connectivity index (χ2n) is 4.63. The van der Waals surface area contributed by atoms with E-state index in [2.05, 4.69) is 21.9 Å². The Kier molecular flexibility index (Phi) is 5.44. The molecule has 0 radical (unpaired) electrons. The fourth-order valence-electron chi connectivity index (χ4n) is 1.93. The molecule has 0 spiro atoms. The summed E-state index contributed by atoms with van der Waals surface area (Å²) in [5.41, 5.74) is 2.79. The third-order valence-corrected chi connectivity index (χ3v) is 3.06. The minimum atomic E-state index is -0.457. The number of hydroxylamine groups is 1. The molecular weight excluding hydrogens is 274 g/mol. The van der Waals surface area contributed by atoms with Crippen LogP contribution in [0.25, 0.3) is 11.2 Å². The lowest BCUT2D eigenvalue weighted by Gasteiger charge is -2.05. The van der Waals surface area contributed by atoms with Crippen molar-refractivity contribution < 1.29 is 14.7 Å². The minimum absolute atomic E-state index is 0.138. The fraction of sp³-hybridized carbons (Fsp3) is 0.538. The van der Waals surface area contributed by atoms with E-state index in [9.17, 15) is 4.79 Å². The summed E-state index contributed by atoms with van der Waals surface area (Å²) < 4.78 is 7.36. The van der Waals surface area contributed by atoms with E-state index in [1.54, 1.807) is 16.4 Å². The van der Waals surface area contributed by atoms with Crippen LogP contribution >= 0.6 is 0 Å². The van der Waals surface area contributed by atoms with Crippen LogP contribution in [0.3, 0.4) is 0 Å². The zero-order valence-corrected chi connectivity index (χ0v) is 11.9. The maximum atomic E-state index is 11.1. The number of nitrogens with one attached hydrogen (secondary N) is 1. The first-order valence-corrected chi connectivity index (χ1v) is 6.97. The van der Waals surface area contributed by atoms with Gasteiger partial charge in [0.2, 0.25) is 11.8 Å². The molecule has 0 aliphatic rings. The van der Waals surface area contributed by atoms with Crippen LogP contribution in [0.5, 0.6) is 5.88 Å². The molecule has 2 N–H and O–H groups in total. The maximum Gasteiger partial charge on any atom is 0.245 e. The number of ether oxygens (including phenoxy) is 1. The first-order chi connectivity index (χ1) is 10.3. The van der Waals surface area contributed by atoms with Crippen LogP contribution in [0.1, 0.15) is 32.6 Å². The van der Waals surface area contributed by atoms with Gasteiger partial charge in [0.15, 0.2) is 11.2 Å². The Morgan fingerprint density at radius 1 is 1.38 bits per heavy atom. The van der Waals surface area contributed by atoms with Crippen LogP contribution in [0.15, 0.2) is 12.7 Å². The molecule has 0 aromatic carbocycles. The van der Waals surface area contributed by atoms with Gasteiger partial charge in [0, 0.05) is 13.0 Å². The van der Waals surface area contributed by atoms with E-state index in [0.717, 1.165) is 19.3 Å². The highest BCUT2D eigenvalue weighted by Gasteiger charge is 2.11. The Morgan fingerprint density at radius 3 is 3.00 bits per heavy atom. The molecule has 0 bridgehead atoms. The van der Waals surface area contributed by atoms with Crippen LogP contribution in [0.4, 0.5) is 0 Å². The van der Waals surface area contributed by atoms with Crippen molar-refractivity contribution in [3.63, 3.8) is 0 Å². The van der Waals surface area contributed by atoms with Gasteiger partial charge in [0.1, 0.15) is 6.33 Å². The third kappa shape index (κ3) is 3.88. The highest BCUT2D eigenvalue weighted by atomic mass is 16.5. The Hall–Kier alpha value is -2.22. The van der Waals surface area contributed by atoms with Gasteiger partial charge in [-0.1, -0.05) is 19.8 Å². The summed E-state index contributed by atoms with van der Waals surface area (Å²) in [7, 11) is 0. The molecule has 114 valence electrons. The largest absolute Gasteiger partial charge is 0.476 e. The number of hydrogen-bond donors (Lipinski definition) is 2. The Bertz CT molecular complexity index is 599. The molecule has 2 heterocycles. The number of rotatable bonds is 8. The highest BCUT2D eigenvalue weighted by molar-refractivity contribution is 5.77.